The van der Waals surface area contributed by atoms with Crippen molar-refractivity contribution in [1.29, 1.82) is 0 Å². The number of aryl methyl sites for hydroxylation is 1. The minimum Gasteiger partial charge on any atom is -0.328 e. The maximum absolute atomic E-state index is 14.0. The van der Waals surface area contributed by atoms with Crippen molar-refractivity contribution < 1.29 is 4.39 Å². The van der Waals surface area contributed by atoms with Crippen LogP contribution in [0.4, 0.5) is 4.39 Å². The third kappa shape index (κ3) is 2.54. The monoisotopic (exact) mass is 261 g/mol. The quantitative estimate of drug-likeness (QED) is 0.923. The van der Waals surface area contributed by atoms with Crippen LogP contribution in [-0.2, 0) is 6.42 Å². The fourth-order valence-electron chi connectivity index (χ4n) is 2.22. The first-order valence-electron chi connectivity index (χ1n) is 6.48. The smallest absolute Gasteiger partial charge is 0.128 e. The Bertz CT molecular complexity index is 600. The zero-order valence-corrected chi connectivity index (χ0v) is 11.9. The minimum atomic E-state index is -0.222. The van der Waals surface area contributed by atoms with Crippen molar-refractivity contribution in [3.05, 3.63) is 46.5 Å². The maximum Gasteiger partial charge on any atom is 0.128 e. The van der Waals surface area contributed by atoms with Gasteiger partial charge in [-0.15, -0.1) is 0 Å². The van der Waals surface area contributed by atoms with Crippen molar-refractivity contribution in [2.24, 2.45) is 5.73 Å². The molecule has 0 aliphatic rings. The van der Waals surface area contributed by atoms with Gasteiger partial charge in [-0.25, -0.2) is 9.07 Å². The molecule has 0 saturated heterocycles. The van der Waals surface area contributed by atoms with Gasteiger partial charge in [0.2, 0.25) is 0 Å². The largest absolute Gasteiger partial charge is 0.328 e. The molecule has 1 atom stereocenters. The number of nitrogens with two attached hydrogens (primary N) is 1. The van der Waals surface area contributed by atoms with Gasteiger partial charge >= 0.3 is 0 Å². The minimum absolute atomic E-state index is 0.0892. The van der Waals surface area contributed by atoms with E-state index in [1.54, 1.807) is 6.07 Å². The number of nitrogens with zero attached hydrogens (tertiary/aromatic N) is 2. The second-order valence-corrected chi connectivity index (χ2v) is 5.13. The van der Waals surface area contributed by atoms with Gasteiger partial charge in [-0.05, 0) is 51.8 Å². The summed E-state index contributed by atoms with van der Waals surface area (Å²) in [5, 5.41) is 4.50. The Labute approximate surface area is 113 Å². The summed E-state index contributed by atoms with van der Waals surface area (Å²) in [4.78, 5) is 0. The van der Waals surface area contributed by atoms with Crippen molar-refractivity contribution in [1.82, 2.24) is 9.78 Å². The van der Waals surface area contributed by atoms with Gasteiger partial charge in [-0.1, -0.05) is 6.07 Å². The molecule has 2 rings (SSSR count). The van der Waals surface area contributed by atoms with Crippen LogP contribution in [0.5, 0.6) is 0 Å². The summed E-state index contributed by atoms with van der Waals surface area (Å²) < 4.78 is 15.8. The molecule has 1 unspecified atom stereocenters. The molecular formula is C15H20FN3. The van der Waals surface area contributed by atoms with Crippen molar-refractivity contribution in [3.63, 3.8) is 0 Å². The molecule has 1 aromatic carbocycles. The molecule has 2 N–H and O–H groups in total. The topological polar surface area (TPSA) is 43.8 Å². The lowest BCUT2D eigenvalue weighted by molar-refractivity contribution is 0.591. The number of halogens is 1. The normalized spacial score (nSPS) is 12.7. The van der Waals surface area contributed by atoms with Crippen LogP contribution in [-0.4, -0.2) is 15.8 Å². The van der Waals surface area contributed by atoms with Crippen molar-refractivity contribution in [2.45, 2.75) is 40.2 Å². The number of hydrogen-bond acceptors (Lipinski definition) is 2. The Morgan fingerprint density at radius 3 is 2.53 bits per heavy atom. The highest BCUT2D eigenvalue weighted by Crippen LogP contribution is 2.23. The van der Waals surface area contributed by atoms with Gasteiger partial charge in [0.05, 0.1) is 11.4 Å². The first-order chi connectivity index (χ1) is 8.91. The lowest BCUT2D eigenvalue weighted by atomic mass is 10.0. The lowest BCUT2D eigenvalue weighted by Gasteiger charge is -2.14. The van der Waals surface area contributed by atoms with Crippen LogP contribution >= 0.6 is 0 Å². The molecule has 4 heteroatoms. The summed E-state index contributed by atoms with van der Waals surface area (Å²) in [7, 11) is 0. The van der Waals surface area contributed by atoms with E-state index < -0.39 is 0 Å². The average molecular weight is 261 g/mol. The molecule has 1 aromatic heterocycles. The van der Waals surface area contributed by atoms with Gasteiger partial charge in [0.1, 0.15) is 5.82 Å². The summed E-state index contributed by atoms with van der Waals surface area (Å²) >= 11 is 0. The second kappa shape index (κ2) is 5.13. The van der Waals surface area contributed by atoms with Gasteiger partial charge in [-0.3, -0.25) is 0 Å². The molecule has 0 amide bonds. The Kier molecular flexibility index (Phi) is 3.71. The first-order valence-corrected chi connectivity index (χ1v) is 6.48. The predicted octanol–water partition coefficient (Wildman–Crippen LogP) is 2.83. The fraction of sp³-hybridized carbons (Fsp3) is 0.400. The number of hydrogen-bond donors (Lipinski definition) is 1. The second-order valence-electron chi connectivity index (χ2n) is 5.13. The average Bonchev–Trinajstić information content (AvgIpc) is 2.59. The van der Waals surface area contributed by atoms with Crippen LogP contribution < -0.4 is 5.73 Å². The third-order valence-corrected chi connectivity index (χ3v) is 3.50. The fourth-order valence-corrected chi connectivity index (χ4v) is 2.22. The Morgan fingerprint density at radius 1 is 1.32 bits per heavy atom. The van der Waals surface area contributed by atoms with Gasteiger partial charge < -0.3 is 5.73 Å². The van der Waals surface area contributed by atoms with E-state index in [0.29, 0.717) is 12.0 Å². The highest BCUT2D eigenvalue weighted by molar-refractivity contribution is 5.44. The van der Waals surface area contributed by atoms with Crippen LogP contribution in [0.3, 0.4) is 0 Å². The summed E-state index contributed by atoms with van der Waals surface area (Å²) in [6, 6.07) is 4.98. The van der Waals surface area contributed by atoms with E-state index in [0.717, 1.165) is 22.6 Å². The van der Waals surface area contributed by atoms with Gasteiger partial charge in [0.25, 0.3) is 0 Å². The van der Waals surface area contributed by atoms with E-state index in [4.69, 9.17) is 5.73 Å². The van der Waals surface area contributed by atoms with E-state index in [2.05, 4.69) is 5.10 Å². The molecule has 3 nitrogen and oxygen atoms in total. The van der Waals surface area contributed by atoms with Crippen molar-refractivity contribution in [2.75, 3.05) is 0 Å². The van der Waals surface area contributed by atoms with E-state index in [1.807, 2.05) is 38.4 Å². The predicted molar refractivity (Wildman–Crippen MR) is 75.1 cm³/mol. The van der Waals surface area contributed by atoms with Crippen LogP contribution in [0.25, 0.3) is 5.69 Å². The van der Waals surface area contributed by atoms with E-state index >= 15 is 0 Å². The number of benzene rings is 1. The molecule has 0 radical (unpaired) electrons. The zero-order valence-electron chi connectivity index (χ0n) is 11.9. The van der Waals surface area contributed by atoms with Crippen molar-refractivity contribution in [3.8, 4) is 5.69 Å². The SMILES string of the molecule is Cc1nn(-c2cccc(F)c2CC(C)N)c(C)c1C. The van der Waals surface area contributed by atoms with Crippen LogP contribution in [0, 0.1) is 26.6 Å². The highest BCUT2D eigenvalue weighted by atomic mass is 19.1. The number of aromatic nitrogens is 2. The van der Waals surface area contributed by atoms with Gasteiger partial charge in [0.15, 0.2) is 0 Å². The molecule has 2 aromatic rings. The first kappa shape index (κ1) is 13.7. The van der Waals surface area contributed by atoms with Gasteiger partial charge in [0, 0.05) is 17.3 Å². The molecule has 0 fully saturated rings. The third-order valence-electron chi connectivity index (χ3n) is 3.50. The Hall–Kier alpha value is -1.68. The molecule has 1 heterocycles. The standard InChI is InChI=1S/C15H20FN3/c1-9(17)8-13-14(16)6-5-7-15(13)19-12(4)10(2)11(3)18-19/h5-7,9H,8,17H2,1-4H3. The maximum atomic E-state index is 14.0. The molecule has 0 bridgehead atoms. The Morgan fingerprint density at radius 2 is 2.00 bits per heavy atom. The van der Waals surface area contributed by atoms with Gasteiger partial charge in [-0.2, -0.15) is 5.10 Å². The molecule has 0 saturated carbocycles. The van der Waals surface area contributed by atoms with Crippen LogP contribution in [0.1, 0.15) is 29.4 Å². The molecule has 102 valence electrons. The number of rotatable bonds is 3. The van der Waals surface area contributed by atoms with E-state index in [9.17, 15) is 4.39 Å². The highest BCUT2D eigenvalue weighted by Gasteiger charge is 2.16. The summed E-state index contributed by atoms with van der Waals surface area (Å²) in [6.07, 6.45) is 0.499. The molecule has 0 aliphatic carbocycles. The molecule has 0 aliphatic heterocycles. The molecule has 19 heavy (non-hydrogen) atoms. The van der Waals surface area contributed by atoms with Crippen LogP contribution in [0.15, 0.2) is 18.2 Å². The molecular weight excluding hydrogens is 241 g/mol. The van der Waals surface area contributed by atoms with E-state index in [-0.39, 0.29) is 11.9 Å². The Balaban J connectivity index is 2.61. The summed E-state index contributed by atoms with van der Waals surface area (Å²) in [5.41, 5.74) is 10.4. The van der Waals surface area contributed by atoms with Crippen LogP contribution in [0.2, 0.25) is 0 Å². The summed E-state index contributed by atoms with van der Waals surface area (Å²) in [5.74, 6) is -0.222. The van der Waals surface area contributed by atoms with Crippen molar-refractivity contribution >= 4 is 0 Å². The molecule has 0 spiro atoms. The lowest BCUT2D eigenvalue weighted by Crippen LogP contribution is -2.20. The zero-order chi connectivity index (χ0) is 14.2. The van der Waals surface area contributed by atoms with E-state index in [1.165, 1.54) is 6.07 Å². The summed E-state index contributed by atoms with van der Waals surface area (Å²) in [6.45, 7) is 7.86.